The van der Waals surface area contributed by atoms with Crippen LogP contribution in [0.1, 0.15) is 73.3 Å². The summed E-state index contributed by atoms with van der Waals surface area (Å²) >= 11 is 0. The summed E-state index contributed by atoms with van der Waals surface area (Å²) in [5.74, 6) is 5.01. The Morgan fingerprint density at radius 2 is 1.43 bits per heavy atom. The van der Waals surface area contributed by atoms with Crippen LogP contribution in [0.2, 0.25) is 0 Å². The molecule has 4 aromatic heterocycles. The molecule has 10 rings (SSSR count). The first-order valence-corrected chi connectivity index (χ1v) is 21.4. The number of hydrogen-bond acceptors (Lipinski definition) is 15. The molecule has 0 aliphatic carbocycles. The Morgan fingerprint density at radius 1 is 0.767 bits per heavy atom. The van der Waals surface area contributed by atoms with Crippen LogP contribution in [-0.2, 0) is 42.0 Å². The predicted octanol–water partition coefficient (Wildman–Crippen LogP) is 3.94. The van der Waals surface area contributed by atoms with Gasteiger partial charge in [0.05, 0.1) is 63.9 Å². The van der Waals surface area contributed by atoms with Gasteiger partial charge in [-0.1, -0.05) is 6.92 Å². The van der Waals surface area contributed by atoms with Gasteiger partial charge in [-0.2, -0.15) is 0 Å². The highest BCUT2D eigenvalue weighted by Crippen LogP contribution is 2.41. The minimum atomic E-state index is -0.312. The maximum Gasteiger partial charge on any atom is 0.410 e. The molecular weight excluding hydrogens is 765 g/mol. The van der Waals surface area contributed by atoms with Crippen molar-refractivity contribution in [2.24, 2.45) is 5.92 Å². The molecule has 0 spiro atoms. The lowest BCUT2D eigenvalue weighted by atomic mass is 9.94. The summed E-state index contributed by atoms with van der Waals surface area (Å²) in [5.41, 5.74) is 6.01. The van der Waals surface area contributed by atoms with Crippen LogP contribution in [0.25, 0.3) is 0 Å². The largest absolute Gasteiger partial charge is 0.481 e. The van der Waals surface area contributed by atoms with Crippen LogP contribution in [0.15, 0.2) is 36.7 Å². The number of methoxy groups -OCH3 is 1. The van der Waals surface area contributed by atoms with Crippen molar-refractivity contribution in [2.75, 3.05) is 85.7 Å². The highest BCUT2D eigenvalue weighted by molar-refractivity contribution is 5.79. The highest BCUT2D eigenvalue weighted by atomic mass is 16.6. The average molecular weight is 817 g/mol. The molecule has 4 fully saturated rings. The Hall–Kier alpha value is -6.00. The van der Waals surface area contributed by atoms with Crippen molar-refractivity contribution in [3.8, 4) is 11.8 Å². The molecule has 1 atom stereocenters. The predicted molar refractivity (Wildman–Crippen MR) is 222 cm³/mol. The van der Waals surface area contributed by atoms with Crippen molar-refractivity contribution in [3.63, 3.8) is 0 Å². The van der Waals surface area contributed by atoms with Crippen LogP contribution >= 0.6 is 0 Å². The third kappa shape index (κ3) is 7.31. The molecule has 6 aliphatic heterocycles. The van der Waals surface area contributed by atoms with E-state index in [0.29, 0.717) is 75.7 Å². The van der Waals surface area contributed by atoms with E-state index in [0.717, 1.165) is 110 Å². The first-order chi connectivity index (χ1) is 29.3. The Morgan fingerprint density at radius 3 is 2.13 bits per heavy atom. The van der Waals surface area contributed by atoms with Crippen molar-refractivity contribution in [3.05, 3.63) is 70.8 Å². The van der Waals surface area contributed by atoms with Crippen LogP contribution in [-0.4, -0.2) is 124 Å². The third-order valence-electron chi connectivity index (χ3n) is 12.8. The van der Waals surface area contributed by atoms with Crippen LogP contribution in [0.3, 0.4) is 0 Å². The van der Waals surface area contributed by atoms with Crippen molar-refractivity contribution >= 4 is 35.0 Å². The molecule has 0 unspecified atom stereocenters. The molecule has 4 saturated heterocycles. The molecule has 10 heterocycles. The van der Waals surface area contributed by atoms with Crippen molar-refractivity contribution < 1.29 is 23.8 Å². The van der Waals surface area contributed by atoms with E-state index in [2.05, 4.69) is 43.4 Å². The second-order valence-corrected chi connectivity index (χ2v) is 16.7. The van der Waals surface area contributed by atoms with Gasteiger partial charge in [-0.25, -0.2) is 34.7 Å². The molecule has 17 nitrogen and oxygen atoms in total. The number of nitrogens with zero attached hydrogens (tertiary/aromatic N) is 12. The van der Waals surface area contributed by atoms with E-state index >= 15 is 0 Å². The zero-order chi connectivity index (χ0) is 40.9. The van der Waals surface area contributed by atoms with Gasteiger partial charge < -0.3 is 38.7 Å². The number of aromatic nitrogens is 6. The number of carbonyl (C=O) groups excluding carboxylic acids is 2. The second kappa shape index (κ2) is 15.9. The summed E-state index contributed by atoms with van der Waals surface area (Å²) in [6, 6.07) is 7.69. The lowest BCUT2D eigenvalue weighted by Crippen LogP contribution is -2.54. The highest BCUT2D eigenvalue weighted by Gasteiger charge is 2.40. The fourth-order valence-electron chi connectivity index (χ4n) is 8.95. The number of amides is 2. The molecule has 0 aromatic carbocycles. The second-order valence-electron chi connectivity index (χ2n) is 16.7. The summed E-state index contributed by atoms with van der Waals surface area (Å²) < 4.78 is 17.4. The first kappa shape index (κ1) is 38.2. The van der Waals surface area contributed by atoms with Gasteiger partial charge in [-0.15, -0.1) is 0 Å². The molecular formula is C43H52N12O5. The number of pyridine rings is 2. The van der Waals surface area contributed by atoms with E-state index < -0.39 is 0 Å². The Kier molecular flexibility index (Phi) is 10.1. The van der Waals surface area contributed by atoms with Crippen LogP contribution < -0.4 is 29.1 Å². The smallest absolute Gasteiger partial charge is 0.410 e. The van der Waals surface area contributed by atoms with Gasteiger partial charge in [0.1, 0.15) is 29.4 Å². The standard InChI is InChI=1S/C43H52N12O5/c1-4-35-46-33-25-54(24-32(33)41(48-35)50-12-5-13-50)43(57)60-31-22-53(23-31)30-8-11-45-38(19-30)59-16-9-36-47-34-26-55(27(2)40(34)42(49-36)51-14-6-15-51)39(56)17-28-20-52(21-28)29-7-10-44-37(18-29)58-3/h7-8,10-11,18-19,27-28,31H,4-6,9,12-17,20-26H2,1-3H3/t27-/m1/s1. The van der Waals surface area contributed by atoms with E-state index in [1.807, 2.05) is 29.2 Å². The normalized spacial score (nSPS) is 19.6. The maximum atomic E-state index is 13.7. The summed E-state index contributed by atoms with van der Waals surface area (Å²) in [4.78, 5) is 67.9. The van der Waals surface area contributed by atoms with E-state index in [1.54, 1.807) is 24.4 Å². The third-order valence-corrected chi connectivity index (χ3v) is 12.8. The number of fused-ring (bicyclic) bond motifs is 2. The zero-order valence-corrected chi connectivity index (χ0v) is 34.6. The number of carbonyl (C=O) groups is 2. The summed E-state index contributed by atoms with van der Waals surface area (Å²) in [6.45, 7) is 12.7. The molecule has 4 aromatic rings. The fourth-order valence-corrected chi connectivity index (χ4v) is 8.95. The lowest BCUT2D eigenvalue weighted by Gasteiger charge is -2.41. The van der Waals surface area contributed by atoms with Gasteiger partial charge in [-0.05, 0) is 31.9 Å². The number of aryl methyl sites for hydroxylation is 1. The zero-order valence-electron chi connectivity index (χ0n) is 34.6. The van der Waals surface area contributed by atoms with Gasteiger partial charge in [0.15, 0.2) is 0 Å². The minimum absolute atomic E-state index is 0.0879. The van der Waals surface area contributed by atoms with Gasteiger partial charge in [0.25, 0.3) is 0 Å². The lowest BCUT2D eigenvalue weighted by molar-refractivity contribution is -0.134. The molecule has 0 saturated carbocycles. The molecule has 314 valence electrons. The van der Waals surface area contributed by atoms with Crippen molar-refractivity contribution in [1.29, 1.82) is 0 Å². The molecule has 17 heteroatoms. The van der Waals surface area contributed by atoms with Gasteiger partial charge in [-0.3, -0.25) is 9.69 Å². The molecule has 6 aliphatic rings. The van der Waals surface area contributed by atoms with E-state index in [1.165, 1.54) is 0 Å². The first-order valence-electron chi connectivity index (χ1n) is 21.4. The topological polar surface area (TPSA) is 159 Å². The SMILES string of the molecule is CCc1nc2c(c(N3CCC3)n1)CN(C(=O)OC1CN(c3ccnc(OCCc4nc5c(c(N6CCC6)n4)[C@@H](C)N(C(=O)CC4CN(c6ccnc(OC)c6)C4)C5)c3)C1)C2. The van der Waals surface area contributed by atoms with Crippen molar-refractivity contribution in [1.82, 2.24) is 39.7 Å². The van der Waals surface area contributed by atoms with Gasteiger partial charge >= 0.3 is 6.09 Å². The fraction of sp³-hybridized carbons (Fsp3) is 0.535. The van der Waals surface area contributed by atoms with Crippen LogP contribution in [0, 0.1) is 5.92 Å². The number of ether oxygens (including phenoxy) is 3. The number of rotatable bonds is 13. The van der Waals surface area contributed by atoms with Crippen LogP contribution in [0.5, 0.6) is 11.8 Å². The monoisotopic (exact) mass is 816 g/mol. The van der Waals surface area contributed by atoms with Gasteiger partial charge in [0, 0.05) is 111 Å². The quantitative estimate of drug-likeness (QED) is 0.191. The molecule has 0 bridgehead atoms. The Bertz CT molecular complexity index is 2270. The Balaban J connectivity index is 0.713. The van der Waals surface area contributed by atoms with E-state index in [9.17, 15) is 9.59 Å². The maximum absolute atomic E-state index is 13.7. The minimum Gasteiger partial charge on any atom is -0.481 e. The molecule has 0 radical (unpaired) electrons. The molecule has 60 heavy (non-hydrogen) atoms. The van der Waals surface area contributed by atoms with E-state index in [4.69, 9.17) is 34.1 Å². The van der Waals surface area contributed by atoms with E-state index in [-0.39, 0.29) is 24.1 Å². The van der Waals surface area contributed by atoms with Gasteiger partial charge in [0.2, 0.25) is 17.7 Å². The van der Waals surface area contributed by atoms with Crippen LogP contribution in [0.4, 0.5) is 27.8 Å². The molecule has 0 N–H and O–H groups in total. The summed E-state index contributed by atoms with van der Waals surface area (Å²) in [6.07, 6.45) is 7.04. The Labute approximate surface area is 349 Å². The number of anilines is 4. The average Bonchev–Trinajstić information content (AvgIpc) is 3.77. The molecule has 2 amide bonds. The number of hydrogen-bond donors (Lipinski definition) is 0. The summed E-state index contributed by atoms with van der Waals surface area (Å²) in [5, 5.41) is 0. The van der Waals surface area contributed by atoms with Crippen molar-refractivity contribution in [2.45, 2.75) is 77.7 Å². The summed E-state index contributed by atoms with van der Waals surface area (Å²) in [7, 11) is 1.62.